The molecular weight excluding hydrogens is 398 g/mol. The lowest BCUT2D eigenvalue weighted by atomic mass is 10.1. The zero-order valence-corrected chi connectivity index (χ0v) is 19.4. The van der Waals surface area contributed by atoms with Crippen LogP contribution in [0.2, 0.25) is 0 Å². The lowest BCUT2D eigenvalue weighted by Gasteiger charge is -2.31. The van der Waals surface area contributed by atoms with E-state index in [0.29, 0.717) is 6.10 Å². The second-order valence-electron chi connectivity index (χ2n) is 8.70. The zero-order valence-electron chi connectivity index (χ0n) is 19.4. The normalized spacial score (nSPS) is 17.6. The molecule has 0 amide bonds. The van der Waals surface area contributed by atoms with Crippen LogP contribution < -0.4 is 10.6 Å². The molecule has 0 spiro atoms. The highest BCUT2D eigenvalue weighted by Gasteiger charge is 2.16. The first-order valence-electron chi connectivity index (χ1n) is 11.5. The SMILES string of the molecule is CN=C(NCCc1c[nH]c2cc(C)ccc12)NCc1cccc(CN2CCOC(C)C2)c1. The van der Waals surface area contributed by atoms with Crippen molar-refractivity contribution in [2.45, 2.75) is 39.5 Å². The Hall–Kier alpha value is -2.83. The van der Waals surface area contributed by atoms with Gasteiger partial charge in [-0.3, -0.25) is 9.89 Å². The number of hydrogen-bond acceptors (Lipinski definition) is 3. The number of H-pyrrole nitrogens is 1. The van der Waals surface area contributed by atoms with E-state index in [1.807, 2.05) is 7.05 Å². The monoisotopic (exact) mass is 433 g/mol. The number of fused-ring (bicyclic) bond motifs is 1. The number of guanidine groups is 1. The van der Waals surface area contributed by atoms with Gasteiger partial charge in [0.15, 0.2) is 5.96 Å². The molecule has 1 aromatic heterocycles. The van der Waals surface area contributed by atoms with Gasteiger partial charge in [-0.25, -0.2) is 0 Å². The molecule has 4 rings (SSSR count). The van der Waals surface area contributed by atoms with Crippen LogP contribution in [0.5, 0.6) is 0 Å². The topological polar surface area (TPSA) is 64.7 Å². The summed E-state index contributed by atoms with van der Waals surface area (Å²) in [5.74, 6) is 0.827. The van der Waals surface area contributed by atoms with Gasteiger partial charge in [0, 0.05) is 56.9 Å². The van der Waals surface area contributed by atoms with E-state index in [9.17, 15) is 0 Å². The fraction of sp³-hybridized carbons (Fsp3) is 0.423. The highest BCUT2D eigenvalue weighted by atomic mass is 16.5. The third kappa shape index (κ3) is 5.90. The minimum Gasteiger partial charge on any atom is -0.376 e. The van der Waals surface area contributed by atoms with E-state index in [4.69, 9.17) is 4.74 Å². The Morgan fingerprint density at radius 3 is 2.91 bits per heavy atom. The Morgan fingerprint density at radius 2 is 2.06 bits per heavy atom. The number of nitrogens with zero attached hydrogens (tertiary/aromatic N) is 2. The van der Waals surface area contributed by atoms with Crippen LogP contribution in [0.15, 0.2) is 53.7 Å². The van der Waals surface area contributed by atoms with Crippen molar-refractivity contribution in [3.05, 3.63) is 70.9 Å². The summed E-state index contributed by atoms with van der Waals surface area (Å²) in [5, 5.41) is 8.19. The summed E-state index contributed by atoms with van der Waals surface area (Å²) in [7, 11) is 1.82. The fourth-order valence-corrected chi connectivity index (χ4v) is 4.36. The number of aromatic amines is 1. The average Bonchev–Trinajstić information content (AvgIpc) is 3.18. The highest BCUT2D eigenvalue weighted by molar-refractivity contribution is 5.84. The van der Waals surface area contributed by atoms with Crippen molar-refractivity contribution in [3.63, 3.8) is 0 Å². The maximum absolute atomic E-state index is 5.65. The predicted molar refractivity (Wildman–Crippen MR) is 132 cm³/mol. The number of ether oxygens (including phenoxy) is 1. The highest BCUT2D eigenvalue weighted by Crippen LogP contribution is 2.19. The first kappa shape index (κ1) is 22.4. The number of aromatic nitrogens is 1. The Kier molecular flexibility index (Phi) is 7.45. The number of nitrogens with one attached hydrogen (secondary N) is 3. The van der Waals surface area contributed by atoms with Crippen LogP contribution in [0, 0.1) is 6.92 Å². The van der Waals surface area contributed by atoms with Crippen molar-refractivity contribution in [3.8, 4) is 0 Å². The molecule has 3 N–H and O–H groups in total. The summed E-state index contributed by atoms with van der Waals surface area (Å²) < 4.78 is 5.65. The van der Waals surface area contributed by atoms with Crippen molar-refractivity contribution >= 4 is 16.9 Å². The molecule has 1 saturated heterocycles. The van der Waals surface area contributed by atoms with Crippen LogP contribution in [0.25, 0.3) is 10.9 Å². The van der Waals surface area contributed by atoms with E-state index < -0.39 is 0 Å². The van der Waals surface area contributed by atoms with E-state index in [1.54, 1.807) is 0 Å². The Balaban J connectivity index is 1.26. The number of rotatable bonds is 7. The van der Waals surface area contributed by atoms with Crippen LogP contribution in [0.1, 0.15) is 29.2 Å². The molecule has 1 aliphatic heterocycles. The van der Waals surface area contributed by atoms with Gasteiger partial charge in [-0.15, -0.1) is 0 Å². The molecule has 0 bridgehead atoms. The lowest BCUT2D eigenvalue weighted by Crippen LogP contribution is -2.40. The largest absolute Gasteiger partial charge is 0.376 e. The van der Waals surface area contributed by atoms with Gasteiger partial charge >= 0.3 is 0 Å². The van der Waals surface area contributed by atoms with Gasteiger partial charge in [0.1, 0.15) is 0 Å². The molecule has 6 nitrogen and oxygen atoms in total. The van der Waals surface area contributed by atoms with Crippen LogP contribution in [-0.4, -0.2) is 55.2 Å². The quantitative estimate of drug-likeness (QED) is 0.393. The molecule has 1 atom stereocenters. The summed E-state index contributed by atoms with van der Waals surface area (Å²) >= 11 is 0. The second-order valence-corrected chi connectivity index (χ2v) is 8.70. The van der Waals surface area contributed by atoms with Gasteiger partial charge in [0.2, 0.25) is 0 Å². The molecule has 2 aromatic carbocycles. The van der Waals surface area contributed by atoms with Crippen molar-refractivity contribution in [2.24, 2.45) is 4.99 Å². The van der Waals surface area contributed by atoms with Gasteiger partial charge in [0.05, 0.1) is 12.7 Å². The van der Waals surface area contributed by atoms with E-state index >= 15 is 0 Å². The fourth-order valence-electron chi connectivity index (χ4n) is 4.36. The molecule has 0 aliphatic carbocycles. The van der Waals surface area contributed by atoms with E-state index in [-0.39, 0.29) is 0 Å². The van der Waals surface area contributed by atoms with Gasteiger partial charge in [-0.2, -0.15) is 0 Å². The van der Waals surface area contributed by atoms with Gasteiger partial charge < -0.3 is 20.4 Å². The van der Waals surface area contributed by atoms with Gasteiger partial charge in [-0.1, -0.05) is 36.4 Å². The van der Waals surface area contributed by atoms with Crippen LogP contribution >= 0.6 is 0 Å². The van der Waals surface area contributed by atoms with E-state index in [1.165, 1.54) is 33.2 Å². The first-order chi connectivity index (χ1) is 15.6. The smallest absolute Gasteiger partial charge is 0.191 e. The van der Waals surface area contributed by atoms with Crippen molar-refractivity contribution < 1.29 is 4.74 Å². The van der Waals surface area contributed by atoms with Crippen molar-refractivity contribution in [2.75, 3.05) is 33.3 Å². The number of benzene rings is 2. The van der Waals surface area contributed by atoms with Gasteiger partial charge in [-0.05, 0) is 48.6 Å². The Bertz CT molecular complexity index is 1060. The lowest BCUT2D eigenvalue weighted by molar-refractivity contribution is -0.0212. The van der Waals surface area contributed by atoms with Crippen LogP contribution in [-0.2, 0) is 24.2 Å². The predicted octanol–water partition coefficient (Wildman–Crippen LogP) is 3.60. The second kappa shape index (κ2) is 10.7. The molecule has 32 heavy (non-hydrogen) atoms. The molecule has 1 aliphatic rings. The van der Waals surface area contributed by atoms with E-state index in [2.05, 4.69) is 88.0 Å². The third-order valence-electron chi connectivity index (χ3n) is 6.02. The molecule has 170 valence electrons. The third-order valence-corrected chi connectivity index (χ3v) is 6.02. The molecule has 1 fully saturated rings. The van der Waals surface area contributed by atoms with Crippen LogP contribution in [0.4, 0.5) is 0 Å². The van der Waals surface area contributed by atoms with E-state index in [0.717, 1.165) is 51.7 Å². The number of aliphatic imine (C=N–C) groups is 1. The Labute approximate surface area is 191 Å². The molecule has 1 unspecified atom stereocenters. The number of morpholine rings is 1. The van der Waals surface area contributed by atoms with Crippen LogP contribution in [0.3, 0.4) is 0 Å². The molecular formula is C26H35N5O. The summed E-state index contributed by atoms with van der Waals surface area (Å²) in [4.78, 5) is 10.2. The van der Waals surface area contributed by atoms with Crippen molar-refractivity contribution in [1.82, 2.24) is 20.5 Å². The average molecular weight is 434 g/mol. The number of aryl methyl sites for hydroxylation is 1. The molecule has 3 aromatic rings. The summed E-state index contributed by atoms with van der Waals surface area (Å²) in [6, 6.07) is 15.4. The minimum absolute atomic E-state index is 0.316. The maximum Gasteiger partial charge on any atom is 0.191 e. The summed E-state index contributed by atoms with van der Waals surface area (Å²) in [6.07, 6.45) is 3.37. The Morgan fingerprint density at radius 1 is 1.19 bits per heavy atom. The standard InChI is InChI=1S/C26H35N5O/c1-19-7-8-24-23(16-29-25(24)13-19)9-10-28-26(27-3)30-15-21-5-4-6-22(14-21)18-31-11-12-32-20(2)17-31/h4-8,13-14,16,20,29H,9-12,15,17-18H2,1-3H3,(H2,27,28,30). The number of hydrogen-bond donors (Lipinski definition) is 3. The first-order valence-corrected chi connectivity index (χ1v) is 11.5. The molecule has 0 saturated carbocycles. The maximum atomic E-state index is 5.65. The molecule has 6 heteroatoms. The molecule has 0 radical (unpaired) electrons. The summed E-state index contributed by atoms with van der Waals surface area (Å²) in [6.45, 7) is 9.63. The van der Waals surface area contributed by atoms with Gasteiger partial charge in [0.25, 0.3) is 0 Å². The minimum atomic E-state index is 0.316. The molecule has 2 heterocycles. The van der Waals surface area contributed by atoms with Crippen molar-refractivity contribution in [1.29, 1.82) is 0 Å². The summed E-state index contributed by atoms with van der Waals surface area (Å²) in [5.41, 5.74) is 6.41. The zero-order chi connectivity index (χ0) is 22.3.